The highest BCUT2D eigenvalue weighted by Crippen LogP contribution is 2.53. The van der Waals surface area contributed by atoms with Gasteiger partial charge < -0.3 is 4.74 Å². The van der Waals surface area contributed by atoms with Gasteiger partial charge in [-0.3, -0.25) is 0 Å². The SMILES string of the molecule is CC1(C)c2cccc([C@@H](N[S@@](=O)C(C)(C)C)c3cccc4ccccc34)c2Oc2c(P(c3ccccc3)c3ccccc3)cccc21. The normalized spacial score (nSPS) is 15.0. The van der Waals surface area contributed by atoms with Crippen LogP contribution >= 0.6 is 7.92 Å². The molecule has 1 aliphatic heterocycles. The number of fused-ring (bicyclic) bond motifs is 3. The van der Waals surface area contributed by atoms with Crippen LogP contribution in [0.2, 0.25) is 0 Å². The van der Waals surface area contributed by atoms with Crippen molar-refractivity contribution >= 4 is 45.6 Å². The Labute approximate surface area is 282 Å². The second-order valence-corrected chi connectivity index (χ2v) is 17.8. The topological polar surface area (TPSA) is 38.3 Å². The summed E-state index contributed by atoms with van der Waals surface area (Å²) in [5.41, 5.74) is 4.01. The first kappa shape index (κ1) is 31.5. The molecule has 0 bridgehead atoms. The third-order valence-electron chi connectivity index (χ3n) is 9.09. The summed E-state index contributed by atoms with van der Waals surface area (Å²) in [5.74, 6) is 1.76. The van der Waals surface area contributed by atoms with Gasteiger partial charge in [0.15, 0.2) is 0 Å². The average molecular weight is 654 g/mol. The fraction of sp³-hybridized carbons (Fsp3) is 0.190. The largest absolute Gasteiger partial charge is 0.456 e. The molecule has 0 saturated heterocycles. The number of para-hydroxylation sites is 2. The van der Waals surface area contributed by atoms with E-state index in [1.165, 1.54) is 21.5 Å². The summed E-state index contributed by atoms with van der Waals surface area (Å²) in [7, 11) is -2.24. The maximum atomic E-state index is 13.9. The van der Waals surface area contributed by atoms with E-state index < -0.39 is 23.7 Å². The monoisotopic (exact) mass is 653 g/mol. The second-order valence-electron chi connectivity index (χ2n) is 13.6. The van der Waals surface area contributed by atoms with E-state index >= 15 is 0 Å². The molecular weight excluding hydrogens is 614 g/mol. The van der Waals surface area contributed by atoms with Crippen molar-refractivity contribution in [1.82, 2.24) is 4.72 Å². The molecule has 1 aliphatic rings. The lowest BCUT2D eigenvalue weighted by Gasteiger charge is -2.38. The molecule has 47 heavy (non-hydrogen) atoms. The van der Waals surface area contributed by atoms with Gasteiger partial charge in [0.05, 0.1) is 21.8 Å². The Balaban J connectivity index is 1.45. The summed E-state index contributed by atoms with van der Waals surface area (Å²) in [6, 6.07) is 49.1. The zero-order chi connectivity index (χ0) is 32.8. The fourth-order valence-corrected chi connectivity index (χ4v) is 9.82. The smallest absolute Gasteiger partial charge is 0.139 e. The summed E-state index contributed by atoms with van der Waals surface area (Å²) in [4.78, 5) is 0. The predicted octanol–water partition coefficient (Wildman–Crippen LogP) is 9.17. The molecule has 6 aromatic carbocycles. The van der Waals surface area contributed by atoms with Crippen LogP contribution in [0.4, 0.5) is 0 Å². The van der Waals surface area contributed by atoms with Crippen molar-refractivity contribution in [3.05, 3.63) is 162 Å². The van der Waals surface area contributed by atoms with E-state index in [-0.39, 0.29) is 11.5 Å². The Morgan fingerprint density at radius 2 is 1.17 bits per heavy atom. The van der Waals surface area contributed by atoms with Crippen molar-refractivity contribution in [3.63, 3.8) is 0 Å². The van der Waals surface area contributed by atoms with Crippen molar-refractivity contribution in [2.45, 2.75) is 50.8 Å². The van der Waals surface area contributed by atoms with Crippen LogP contribution in [0.5, 0.6) is 11.5 Å². The first-order valence-electron chi connectivity index (χ1n) is 16.2. The number of hydrogen-bond donors (Lipinski definition) is 1. The van der Waals surface area contributed by atoms with Gasteiger partial charge >= 0.3 is 0 Å². The summed E-state index contributed by atoms with van der Waals surface area (Å²) >= 11 is 0. The van der Waals surface area contributed by atoms with Crippen LogP contribution in [-0.4, -0.2) is 8.96 Å². The number of nitrogens with one attached hydrogen (secondary N) is 1. The molecule has 3 nitrogen and oxygen atoms in total. The van der Waals surface area contributed by atoms with Crippen molar-refractivity contribution in [2.75, 3.05) is 0 Å². The maximum Gasteiger partial charge on any atom is 0.139 e. The Morgan fingerprint density at radius 1 is 0.638 bits per heavy atom. The Kier molecular flexibility index (Phi) is 8.39. The third-order valence-corrected chi connectivity index (χ3v) is 13.1. The van der Waals surface area contributed by atoms with Crippen LogP contribution in [0.3, 0.4) is 0 Å². The molecule has 6 aromatic rings. The zero-order valence-corrected chi connectivity index (χ0v) is 29.2. The van der Waals surface area contributed by atoms with Gasteiger partial charge in [-0.1, -0.05) is 153 Å². The van der Waals surface area contributed by atoms with Crippen LogP contribution in [0.25, 0.3) is 10.8 Å². The zero-order valence-electron chi connectivity index (χ0n) is 27.5. The first-order chi connectivity index (χ1) is 22.6. The molecule has 5 heteroatoms. The summed E-state index contributed by atoms with van der Waals surface area (Å²) < 4.78 is 24.2. The summed E-state index contributed by atoms with van der Waals surface area (Å²) in [6.07, 6.45) is 0. The van der Waals surface area contributed by atoms with Crippen LogP contribution < -0.4 is 25.4 Å². The van der Waals surface area contributed by atoms with Crippen LogP contribution in [0, 0.1) is 0 Å². The maximum absolute atomic E-state index is 13.9. The quantitative estimate of drug-likeness (QED) is 0.175. The average Bonchev–Trinajstić information content (AvgIpc) is 3.08. The molecule has 0 radical (unpaired) electrons. The number of hydrogen-bond acceptors (Lipinski definition) is 2. The predicted molar refractivity (Wildman–Crippen MR) is 201 cm³/mol. The van der Waals surface area contributed by atoms with Gasteiger partial charge in [0.2, 0.25) is 0 Å². The van der Waals surface area contributed by atoms with Gasteiger partial charge in [0.1, 0.15) is 11.5 Å². The first-order valence-corrected chi connectivity index (χ1v) is 18.6. The van der Waals surface area contributed by atoms with Crippen molar-refractivity contribution in [3.8, 4) is 11.5 Å². The lowest BCUT2D eigenvalue weighted by molar-refractivity contribution is 0.413. The molecule has 1 heterocycles. The van der Waals surface area contributed by atoms with E-state index in [0.717, 1.165) is 39.0 Å². The molecule has 1 N–H and O–H groups in total. The highest BCUT2D eigenvalue weighted by atomic mass is 32.2. The van der Waals surface area contributed by atoms with E-state index in [0.29, 0.717) is 0 Å². The molecule has 0 saturated carbocycles. The molecule has 0 aromatic heterocycles. The van der Waals surface area contributed by atoms with Gasteiger partial charge in [-0.05, 0) is 55.6 Å². The molecular formula is C42H40NO2PS. The highest BCUT2D eigenvalue weighted by molar-refractivity contribution is 7.84. The molecule has 0 unspecified atom stereocenters. The van der Waals surface area contributed by atoms with E-state index in [9.17, 15) is 4.21 Å². The Hall–Kier alpha value is -4.08. The Bertz CT molecular complexity index is 2040. The van der Waals surface area contributed by atoms with Crippen molar-refractivity contribution in [2.24, 2.45) is 0 Å². The summed E-state index contributed by atoms with van der Waals surface area (Å²) in [6.45, 7) is 10.6. The third kappa shape index (κ3) is 5.84. The standard InChI is InChI=1S/C42H40NO2PS/c1-41(2,3)47(44)43-38(33-24-14-18-29-17-12-13-23-32(29)33)34-25-15-26-35-39(34)45-40-36(42(35,4)5)27-16-28-37(40)46(30-19-8-6-9-20-30)31-21-10-7-11-22-31/h6-28,38,43H,1-5H3/t38-,47-/m0/s1. The minimum absolute atomic E-state index is 0.337. The van der Waals surface area contributed by atoms with E-state index in [1.807, 2.05) is 20.8 Å². The van der Waals surface area contributed by atoms with E-state index in [4.69, 9.17) is 4.74 Å². The van der Waals surface area contributed by atoms with E-state index in [2.05, 4.69) is 158 Å². The number of ether oxygens (including phenoxy) is 1. The molecule has 236 valence electrons. The molecule has 0 fully saturated rings. The van der Waals surface area contributed by atoms with Gasteiger partial charge in [-0.15, -0.1) is 0 Å². The lowest BCUT2D eigenvalue weighted by Crippen LogP contribution is -2.37. The molecule has 0 spiro atoms. The van der Waals surface area contributed by atoms with Gasteiger partial charge in [-0.2, -0.15) is 0 Å². The Morgan fingerprint density at radius 3 is 1.83 bits per heavy atom. The van der Waals surface area contributed by atoms with Gasteiger partial charge in [0.25, 0.3) is 0 Å². The van der Waals surface area contributed by atoms with Gasteiger partial charge in [-0.25, -0.2) is 8.93 Å². The molecule has 0 amide bonds. The molecule has 7 rings (SSSR count). The summed E-state index contributed by atoms with van der Waals surface area (Å²) in [5, 5.41) is 6.02. The minimum atomic E-state index is -1.34. The molecule has 0 aliphatic carbocycles. The van der Waals surface area contributed by atoms with Gasteiger partial charge in [0, 0.05) is 27.4 Å². The van der Waals surface area contributed by atoms with E-state index in [1.54, 1.807) is 0 Å². The van der Waals surface area contributed by atoms with Crippen LogP contribution in [0.1, 0.15) is 62.9 Å². The highest BCUT2D eigenvalue weighted by Gasteiger charge is 2.39. The van der Waals surface area contributed by atoms with Crippen LogP contribution in [-0.2, 0) is 16.4 Å². The minimum Gasteiger partial charge on any atom is -0.456 e. The number of rotatable bonds is 7. The number of benzene rings is 6. The second kappa shape index (κ2) is 12.5. The lowest BCUT2D eigenvalue weighted by atomic mass is 9.74. The van der Waals surface area contributed by atoms with Crippen molar-refractivity contribution in [1.29, 1.82) is 0 Å². The fourth-order valence-electron chi connectivity index (χ4n) is 6.60. The van der Waals surface area contributed by atoms with Crippen molar-refractivity contribution < 1.29 is 8.95 Å². The van der Waals surface area contributed by atoms with Crippen LogP contribution in [0.15, 0.2) is 140 Å². The molecule has 2 atom stereocenters.